The first-order valence-electron chi connectivity index (χ1n) is 9.16. The monoisotopic (exact) mass is 415 g/mol. The van der Waals surface area contributed by atoms with E-state index in [1.807, 2.05) is 26.0 Å². The lowest BCUT2D eigenvalue weighted by Gasteiger charge is -2.16. The Kier molecular flexibility index (Phi) is 6.34. The number of carbonyl (C=O) groups excluding carboxylic acids is 1. The van der Waals surface area contributed by atoms with Crippen LogP contribution in [0.3, 0.4) is 0 Å². The number of nitrogens with one attached hydrogen (secondary N) is 2. The van der Waals surface area contributed by atoms with Crippen LogP contribution in [0.4, 0.5) is 0 Å². The molecule has 1 aromatic carbocycles. The number of benzene rings is 1. The minimum atomic E-state index is -4.02. The Balaban J connectivity index is 2.28. The van der Waals surface area contributed by atoms with Crippen LogP contribution in [0.15, 0.2) is 15.8 Å². The van der Waals surface area contributed by atoms with Crippen LogP contribution < -0.4 is 10.3 Å². The molecule has 0 unspecified atom stereocenters. The molecule has 0 fully saturated rings. The van der Waals surface area contributed by atoms with Crippen molar-refractivity contribution in [2.45, 2.75) is 59.3 Å². The lowest BCUT2D eigenvalue weighted by Crippen LogP contribution is -2.32. The van der Waals surface area contributed by atoms with Gasteiger partial charge in [-0.3, -0.25) is 9.59 Å². The molecule has 0 spiro atoms. The summed E-state index contributed by atoms with van der Waals surface area (Å²) in [6, 6.07) is 3.78. The number of pyridine rings is 1. The fraction of sp³-hybridized carbons (Fsp3) is 0.381. The van der Waals surface area contributed by atoms with E-state index in [-0.39, 0.29) is 23.3 Å². The first-order chi connectivity index (χ1) is 13.4. The molecule has 0 aliphatic heterocycles. The third kappa shape index (κ3) is 4.40. The molecule has 7 nitrogen and oxygen atoms in total. The number of aryl methyl sites for hydroxylation is 3. The summed E-state index contributed by atoms with van der Waals surface area (Å²) in [5, 5.41) is 9.14. The highest BCUT2D eigenvalue weighted by Crippen LogP contribution is 2.26. The third-order valence-electron chi connectivity index (χ3n) is 5.34. The first-order valence-corrected chi connectivity index (χ1v) is 10.6. The number of rotatable bonds is 5. The number of aromatic amines is 1. The molecule has 8 heteroatoms. The topological polar surface area (TPSA) is 120 Å². The molecule has 2 rings (SSSR count). The van der Waals surface area contributed by atoms with Crippen molar-refractivity contribution >= 4 is 15.9 Å². The predicted molar refractivity (Wildman–Crippen MR) is 110 cm³/mol. The van der Waals surface area contributed by atoms with Gasteiger partial charge in [-0.15, -0.1) is 0 Å². The zero-order valence-electron chi connectivity index (χ0n) is 17.5. The molecule has 2 N–H and O–H groups in total. The SMILES string of the molecule is Cc1cc(C)c(C)c(S(=O)(=O)NC(=O)CCc2c(C)[nH]c(=O)c(C#N)c2C)c1C. The Morgan fingerprint density at radius 2 is 1.62 bits per heavy atom. The Morgan fingerprint density at radius 3 is 2.14 bits per heavy atom. The molecule has 1 aromatic heterocycles. The zero-order chi connectivity index (χ0) is 22.1. The molecule has 0 saturated carbocycles. The van der Waals surface area contributed by atoms with Crippen molar-refractivity contribution < 1.29 is 13.2 Å². The molecule has 2 aromatic rings. The number of nitrogens with zero attached hydrogens (tertiary/aromatic N) is 1. The molecule has 0 aliphatic rings. The number of sulfonamides is 1. The largest absolute Gasteiger partial charge is 0.325 e. The number of amides is 1. The van der Waals surface area contributed by atoms with E-state index in [1.165, 1.54) is 0 Å². The number of aromatic nitrogens is 1. The predicted octanol–water partition coefficient (Wildman–Crippen LogP) is 2.53. The van der Waals surface area contributed by atoms with Gasteiger partial charge in [0.15, 0.2) is 0 Å². The molecular formula is C21H25N3O4S. The Hall–Kier alpha value is -2.92. The van der Waals surface area contributed by atoms with E-state index < -0.39 is 21.5 Å². The Morgan fingerprint density at radius 1 is 1.07 bits per heavy atom. The van der Waals surface area contributed by atoms with Gasteiger partial charge in [-0.25, -0.2) is 13.1 Å². The van der Waals surface area contributed by atoms with E-state index in [9.17, 15) is 18.0 Å². The second-order valence-electron chi connectivity index (χ2n) is 7.29. The first kappa shape index (κ1) is 22.4. The van der Waals surface area contributed by atoms with Crippen LogP contribution in [0.2, 0.25) is 0 Å². The maximum absolute atomic E-state index is 12.9. The van der Waals surface area contributed by atoms with Gasteiger partial charge in [0.25, 0.3) is 15.6 Å². The number of nitriles is 1. The molecule has 0 aliphatic carbocycles. The van der Waals surface area contributed by atoms with Crippen LogP contribution in [-0.2, 0) is 21.2 Å². The summed E-state index contributed by atoms with van der Waals surface area (Å²) in [5.74, 6) is -0.647. The van der Waals surface area contributed by atoms with Crippen LogP contribution in [0, 0.1) is 52.9 Å². The minimum absolute atomic E-state index is 0.000107. The summed E-state index contributed by atoms with van der Waals surface area (Å²) < 4.78 is 27.9. The van der Waals surface area contributed by atoms with Gasteiger partial charge in [0.1, 0.15) is 11.6 Å². The van der Waals surface area contributed by atoms with Gasteiger partial charge in [0, 0.05) is 12.1 Å². The fourth-order valence-electron chi connectivity index (χ4n) is 3.49. The van der Waals surface area contributed by atoms with Crippen molar-refractivity contribution in [3.8, 4) is 6.07 Å². The lowest BCUT2D eigenvalue weighted by atomic mass is 9.99. The lowest BCUT2D eigenvalue weighted by molar-refractivity contribution is -0.119. The average molecular weight is 416 g/mol. The van der Waals surface area contributed by atoms with E-state index in [2.05, 4.69) is 9.71 Å². The van der Waals surface area contributed by atoms with Crippen molar-refractivity contribution in [2.75, 3.05) is 0 Å². The molecule has 1 heterocycles. The number of carbonyl (C=O) groups is 1. The highest BCUT2D eigenvalue weighted by molar-refractivity contribution is 7.90. The molecular weight excluding hydrogens is 390 g/mol. The molecule has 0 bridgehead atoms. The van der Waals surface area contributed by atoms with Crippen LogP contribution in [-0.4, -0.2) is 19.3 Å². The van der Waals surface area contributed by atoms with E-state index in [1.54, 1.807) is 27.7 Å². The molecule has 1 amide bonds. The van der Waals surface area contributed by atoms with Gasteiger partial charge in [0.2, 0.25) is 5.91 Å². The molecule has 0 saturated heterocycles. The minimum Gasteiger partial charge on any atom is -0.325 e. The molecule has 29 heavy (non-hydrogen) atoms. The second kappa shape index (κ2) is 8.21. The van der Waals surface area contributed by atoms with Gasteiger partial charge < -0.3 is 4.98 Å². The summed E-state index contributed by atoms with van der Waals surface area (Å²) in [7, 11) is -4.02. The van der Waals surface area contributed by atoms with Crippen LogP contribution in [0.5, 0.6) is 0 Å². The third-order valence-corrected chi connectivity index (χ3v) is 6.98. The van der Waals surface area contributed by atoms with Crippen molar-refractivity contribution in [3.05, 3.63) is 61.1 Å². The summed E-state index contributed by atoms with van der Waals surface area (Å²) in [6.45, 7) is 10.4. The van der Waals surface area contributed by atoms with Crippen molar-refractivity contribution in [3.63, 3.8) is 0 Å². The van der Waals surface area contributed by atoms with Crippen LogP contribution in [0.1, 0.15) is 51.1 Å². The summed E-state index contributed by atoms with van der Waals surface area (Å²) in [6.07, 6.45) is 0.107. The summed E-state index contributed by atoms with van der Waals surface area (Å²) >= 11 is 0. The quantitative estimate of drug-likeness (QED) is 0.777. The van der Waals surface area contributed by atoms with Gasteiger partial charge in [-0.05, 0) is 81.3 Å². The summed E-state index contributed by atoms with van der Waals surface area (Å²) in [4.78, 5) is 27.0. The van der Waals surface area contributed by atoms with E-state index in [0.29, 0.717) is 27.9 Å². The molecule has 0 atom stereocenters. The molecule has 0 radical (unpaired) electrons. The maximum atomic E-state index is 12.9. The van der Waals surface area contributed by atoms with E-state index in [4.69, 9.17) is 5.26 Å². The Bertz CT molecular complexity index is 1180. The van der Waals surface area contributed by atoms with Gasteiger partial charge in [-0.2, -0.15) is 5.26 Å². The van der Waals surface area contributed by atoms with Gasteiger partial charge in [-0.1, -0.05) is 6.07 Å². The van der Waals surface area contributed by atoms with Gasteiger partial charge in [0.05, 0.1) is 4.90 Å². The maximum Gasteiger partial charge on any atom is 0.266 e. The zero-order valence-corrected chi connectivity index (χ0v) is 18.3. The number of H-pyrrole nitrogens is 1. The summed E-state index contributed by atoms with van der Waals surface area (Å²) in [5.41, 5.74) is 4.15. The van der Waals surface area contributed by atoms with Crippen molar-refractivity contribution in [1.29, 1.82) is 5.26 Å². The van der Waals surface area contributed by atoms with E-state index >= 15 is 0 Å². The number of hydrogen-bond donors (Lipinski definition) is 2. The average Bonchev–Trinajstić information content (AvgIpc) is 2.59. The van der Waals surface area contributed by atoms with Crippen molar-refractivity contribution in [2.24, 2.45) is 0 Å². The second-order valence-corrected chi connectivity index (χ2v) is 8.91. The van der Waals surface area contributed by atoms with Crippen molar-refractivity contribution in [1.82, 2.24) is 9.71 Å². The van der Waals surface area contributed by atoms with Crippen LogP contribution in [0.25, 0.3) is 0 Å². The number of hydrogen-bond acceptors (Lipinski definition) is 5. The normalized spacial score (nSPS) is 11.2. The van der Waals surface area contributed by atoms with E-state index in [0.717, 1.165) is 11.1 Å². The van der Waals surface area contributed by atoms with Crippen LogP contribution >= 0.6 is 0 Å². The smallest absolute Gasteiger partial charge is 0.266 e. The Labute approximate surface area is 170 Å². The standard InChI is InChI=1S/C21H25N3O4S/c1-11-9-12(2)14(4)20(13(11)3)29(27,28)24-19(25)8-7-17-15(5)18(10-22)21(26)23-16(17)6/h9H,7-8H2,1-6H3,(H,23,26)(H,24,25). The fourth-order valence-corrected chi connectivity index (χ4v) is 5.13. The molecule has 154 valence electrons. The highest BCUT2D eigenvalue weighted by Gasteiger charge is 2.24. The highest BCUT2D eigenvalue weighted by atomic mass is 32.2. The van der Waals surface area contributed by atoms with Gasteiger partial charge >= 0.3 is 0 Å².